The minimum atomic E-state index is -4.59. The Kier molecular flexibility index (Phi) is 6.50. The molecule has 1 heterocycles. The van der Waals surface area contributed by atoms with Crippen molar-refractivity contribution in [2.24, 2.45) is 0 Å². The molecule has 2 N–H and O–H groups in total. The van der Waals surface area contributed by atoms with Gasteiger partial charge in [0.05, 0.1) is 5.02 Å². The van der Waals surface area contributed by atoms with Gasteiger partial charge in [-0.15, -0.1) is 0 Å². The summed E-state index contributed by atoms with van der Waals surface area (Å²) < 4.78 is 68.3. The van der Waals surface area contributed by atoms with Crippen LogP contribution in [-0.4, -0.2) is 27.7 Å². The number of nitrogens with one attached hydrogen (secondary N) is 2. The third-order valence-corrected chi connectivity index (χ3v) is 3.81. The SMILES string of the molecule is Fc1ccc(CNc2nc(Nc3ccc(F)c(Cl)c3)nc(OCC(F)(F)F)n2)cc1. The van der Waals surface area contributed by atoms with E-state index in [4.69, 9.17) is 11.6 Å². The average Bonchev–Trinajstić information content (AvgIpc) is 2.68. The van der Waals surface area contributed by atoms with E-state index in [2.05, 4.69) is 30.3 Å². The summed E-state index contributed by atoms with van der Waals surface area (Å²) >= 11 is 5.71. The van der Waals surface area contributed by atoms with Crippen LogP contribution >= 0.6 is 11.6 Å². The molecular weight excluding hydrogens is 433 g/mol. The van der Waals surface area contributed by atoms with Crippen molar-refractivity contribution >= 4 is 29.2 Å². The number of hydrogen-bond donors (Lipinski definition) is 2. The summed E-state index contributed by atoms with van der Waals surface area (Å²) in [5.41, 5.74) is 0.966. The second-order valence-electron chi connectivity index (χ2n) is 5.90. The molecular formula is C18H13ClF5N5O. The van der Waals surface area contributed by atoms with Gasteiger partial charge >= 0.3 is 12.2 Å². The van der Waals surface area contributed by atoms with E-state index < -0.39 is 30.4 Å². The summed E-state index contributed by atoms with van der Waals surface area (Å²) in [5, 5.41) is 5.31. The summed E-state index contributed by atoms with van der Waals surface area (Å²) in [4.78, 5) is 11.6. The summed E-state index contributed by atoms with van der Waals surface area (Å²) in [6.45, 7) is -1.44. The molecule has 3 aromatic rings. The second kappa shape index (κ2) is 9.08. The maximum atomic E-state index is 13.3. The van der Waals surface area contributed by atoms with E-state index in [9.17, 15) is 22.0 Å². The van der Waals surface area contributed by atoms with Crippen LogP contribution in [0.5, 0.6) is 6.01 Å². The third kappa shape index (κ3) is 6.41. The molecule has 0 saturated heterocycles. The molecule has 0 bridgehead atoms. The molecule has 0 aliphatic rings. The zero-order valence-electron chi connectivity index (χ0n) is 15.0. The highest BCUT2D eigenvalue weighted by Crippen LogP contribution is 2.23. The van der Waals surface area contributed by atoms with Crippen LogP contribution in [0.3, 0.4) is 0 Å². The number of rotatable bonds is 7. The Morgan fingerprint density at radius 2 is 1.63 bits per heavy atom. The molecule has 0 unspecified atom stereocenters. The Morgan fingerprint density at radius 1 is 0.933 bits per heavy atom. The lowest BCUT2D eigenvalue weighted by Gasteiger charge is -2.12. The van der Waals surface area contributed by atoms with E-state index in [1.54, 1.807) is 0 Å². The molecule has 0 radical (unpaired) electrons. The van der Waals surface area contributed by atoms with E-state index in [0.29, 0.717) is 11.3 Å². The molecule has 0 aliphatic heterocycles. The van der Waals surface area contributed by atoms with Gasteiger partial charge in [-0.25, -0.2) is 8.78 Å². The summed E-state index contributed by atoms with van der Waals surface area (Å²) in [6, 6.07) is 8.66. The highest BCUT2D eigenvalue weighted by molar-refractivity contribution is 6.31. The van der Waals surface area contributed by atoms with Crippen LogP contribution in [0.25, 0.3) is 0 Å². The Balaban J connectivity index is 1.81. The number of benzene rings is 2. The van der Waals surface area contributed by atoms with E-state index in [0.717, 1.165) is 6.07 Å². The Bertz CT molecular complexity index is 1020. The third-order valence-electron chi connectivity index (χ3n) is 3.52. The van der Waals surface area contributed by atoms with Crippen molar-refractivity contribution in [1.82, 2.24) is 15.0 Å². The topological polar surface area (TPSA) is 72.0 Å². The summed E-state index contributed by atoms with van der Waals surface area (Å²) in [5.74, 6) is -1.31. The average molecular weight is 446 g/mol. The van der Waals surface area contributed by atoms with Crippen LogP contribution in [0, 0.1) is 11.6 Å². The van der Waals surface area contributed by atoms with Gasteiger partial charge in [-0.05, 0) is 35.9 Å². The normalized spacial score (nSPS) is 11.3. The lowest BCUT2D eigenvalue weighted by Crippen LogP contribution is -2.21. The molecule has 3 rings (SSSR count). The fraction of sp³-hybridized carbons (Fsp3) is 0.167. The predicted molar refractivity (Wildman–Crippen MR) is 99.8 cm³/mol. The number of hydrogen-bond acceptors (Lipinski definition) is 6. The minimum absolute atomic E-state index is 0.0952. The number of aromatic nitrogens is 3. The van der Waals surface area contributed by atoms with Gasteiger partial charge in [-0.1, -0.05) is 23.7 Å². The van der Waals surface area contributed by atoms with E-state index in [1.165, 1.54) is 36.4 Å². The number of nitrogens with zero attached hydrogens (tertiary/aromatic N) is 3. The zero-order valence-corrected chi connectivity index (χ0v) is 15.7. The predicted octanol–water partition coefficient (Wildman–Crippen LogP) is 5.10. The monoisotopic (exact) mass is 445 g/mol. The van der Waals surface area contributed by atoms with Gasteiger partial charge in [0.25, 0.3) is 0 Å². The first-order chi connectivity index (χ1) is 14.2. The lowest BCUT2D eigenvalue weighted by molar-refractivity contribution is -0.154. The first-order valence-corrected chi connectivity index (χ1v) is 8.72. The highest BCUT2D eigenvalue weighted by Gasteiger charge is 2.29. The van der Waals surface area contributed by atoms with Crippen molar-refractivity contribution < 1.29 is 26.7 Å². The minimum Gasteiger partial charge on any atom is -0.454 e. The van der Waals surface area contributed by atoms with Crippen LogP contribution in [0.2, 0.25) is 5.02 Å². The van der Waals surface area contributed by atoms with Gasteiger partial charge < -0.3 is 15.4 Å². The first-order valence-electron chi connectivity index (χ1n) is 8.34. The van der Waals surface area contributed by atoms with Gasteiger partial charge in [0.1, 0.15) is 11.6 Å². The molecule has 0 amide bonds. The molecule has 0 saturated carbocycles. The highest BCUT2D eigenvalue weighted by atomic mass is 35.5. The maximum absolute atomic E-state index is 13.3. The number of alkyl halides is 3. The molecule has 12 heteroatoms. The van der Waals surface area contributed by atoms with Gasteiger partial charge in [-0.3, -0.25) is 0 Å². The molecule has 2 aromatic carbocycles. The van der Waals surface area contributed by atoms with Crippen molar-refractivity contribution in [3.05, 3.63) is 64.7 Å². The van der Waals surface area contributed by atoms with Crippen LogP contribution in [0.4, 0.5) is 39.5 Å². The molecule has 0 aliphatic carbocycles. The second-order valence-corrected chi connectivity index (χ2v) is 6.31. The molecule has 0 fully saturated rings. The number of halogens is 6. The summed E-state index contributed by atoms with van der Waals surface area (Å²) in [6.07, 6.45) is -4.59. The van der Waals surface area contributed by atoms with Gasteiger partial charge in [0, 0.05) is 12.2 Å². The Morgan fingerprint density at radius 3 is 2.30 bits per heavy atom. The smallest absolute Gasteiger partial charge is 0.422 e. The maximum Gasteiger partial charge on any atom is 0.422 e. The van der Waals surface area contributed by atoms with Crippen molar-refractivity contribution in [2.75, 3.05) is 17.2 Å². The van der Waals surface area contributed by atoms with Crippen LogP contribution in [0.1, 0.15) is 5.56 Å². The fourth-order valence-corrected chi connectivity index (χ4v) is 2.37. The van der Waals surface area contributed by atoms with E-state index >= 15 is 0 Å². The lowest BCUT2D eigenvalue weighted by atomic mass is 10.2. The molecule has 158 valence electrons. The molecule has 0 atom stereocenters. The van der Waals surface area contributed by atoms with Crippen molar-refractivity contribution in [1.29, 1.82) is 0 Å². The molecule has 1 aromatic heterocycles. The van der Waals surface area contributed by atoms with Gasteiger partial charge in [0.15, 0.2) is 6.61 Å². The van der Waals surface area contributed by atoms with Crippen molar-refractivity contribution in [2.45, 2.75) is 12.7 Å². The first kappa shape index (κ1) is 21.5. The Hall–Kier alpha value is -3.21. The molecule has 30 heavy (non-hydrogen) atoms. The summed E-state index contributed by atoms with van der Waals surface area (Å²) in [7, 11) is 0. The van der Waals surface area contributed by atoms with Crippen LogP contribution < -0.4 is 15.4 Å². The quantitative estimate of drug-likeness (QED) is 0.493. The van der Waals surface area contributed by atoms with E-state index in [-0.39, 0.29) is 23.5 Å². The van der Waals surface area contributed by atoms with Crippen LogP contribution in [0.15, 0.2) is 42.5 Å². The standard InChI is InChI=1S/C18H13ClF5N5O/c19-13-7-12(5-6-14(13)21)26-16-27-15(25-8-10-1-3-11(20)4-2-10)28-17(29-16)30-9-18(22,23)24/h1-7H,8-9H2,(H2,25,26,27,28,29). The fourth-order valence-electron chi connectivity index (χ4n) is 2.19. The van der Waals surface area contributed by atoms with Crippen molar-refractivity contribution in [3.63, 3.8) is 0 Å². The zero-order chi connectivity index (χ0) is 21.7. The van der Waals surface area contributed by atoms with E-state index in [1.807, 2.05) is 0 Å². The van der Waals surface area contributed by atoms with Crippen LogP contribution in [-0.2, 0) is 6.54 Å². The van der Waals surface area contributed by atoms with Crippen molar-refractivity contribution in [3.8, 4) is 6.01 Å². The van der Waals surface area contributed by atoms with Gasteiger partial charge in [0.2, 0.25) is 11.9 Å². The largest absolute Gasteiger partial charge is 0.454 e. The van der Waals surface area contributed by atoms with Gasteiger partial charge in [-0.2, -0.15) is 28.1 Å². The number of anilines is 3. The molecule has 6 nitrogen and oxygen atoms in total. The number of ether oxygens (including phenoxy) is 1. The Labute approximate surface area is 172 Å². The molecule has 0 spiro atoms.